The lowest BCUT2D eigenvalue weighted by Gasteiger charge is -2.55. The van der Waals surface area contributed by atoms with Crippen LogP contribution in [-0.4, -0.2) is 52.7 Å². The average molecular weight is 402 g/mol. The van der Waals surface area contributed by atoms with E-state index >= 15 is 0 Å². The largest absolute Gasteiger partial charge is 0.360 e. The number of carbonyl (C=O) groups excluding carboxylic acids is 2. The number of Topliss-reactive ketones (excluding diaryl/α,β-unsaturated/α-hetero) is 1. The number of benzene rings is 2. The van der Waals surface area contributed by atoms with Crippen LogP contribution in [0.5, 0.6) is 0 Å². The molecule has 2 aromatic carbocycles. The van der Waals surface area contributed by atoms with Gasteiger partial charge in [0, 0.05) is 49.8 Å². The second-order valence-corrected chi connectivity index (χ2v) is 9.49. The maximum atomic E-state index is 13.5. The van der Waals surface area contributed by atoms with Crippen molar-refractivity contribution in [1.82, 2.24) is 14.8 Å². The molecule has 1 aromatic heterocycles. The van der Waals surface area contributed by atoms with Crippen LogP contribution in [0, 0.1) is 10.8 Å². The molecule has 2 bridgehead atoms. The molecule has 2 aliphatic rings. The molecule has 2 atom stereocenters. The van der Waals surface area contributed by atoms with Crippen LogP contribution >= 0.6 is 0 Å². The summed E-state index contributed by atoms with van der Waals surface area (Å²) in [7, 11) is 0. The zero-order valence-corrected chi connectivity index (χ0v) is 17.5. The molecule has 0 aliphatic carbocycles. The Morgan fingerprint density at radius 2 is 1.57 bits per heavy atom. The molecule has 5 heteroatoms. The van der Waals surface area contributed by atoms with E-state index < -0.39 is 10.8 Å². The summed E-state index contributed by atoms with van der Waals surface area (Å²) in [5.74, 6) is 0.302. The Balaban J connectivity index is 1.42. The van der Waals surface area contributed by atoms with Crippen molar-refractivity contribution in [3.05, 3.63) is 71.9 Å². The van der Waals surface area contributed by atoms with Crippen LogP contribution in [0.3, 0.4) is 0 Å². The minimum atomic E-state index is -0.554. The number of piperidine rings is 2. The third-order valence-electron chi connectivity index (χ3n) is 6.68. The lowest BCUT2D eigenvalue weighted by atomic mass is 9.64. The Morgan fingerprint density at radius 3 is 2.27 bits per heavy atom. The standard InChI is InChI=1S/C25H27N3O2/c1-24-14-27(13-18-8-4-3-5-9-18)15-25(2,23(24)30)17-28(16-24)22(29)20-12-26-21-11-7-6-10-19(20)21/h3-12,26H,13-17H2,1-2H3/t24-,25-/m0/s1. The molecule has 0 spiro atoms. The molecule has 154 valence electrons. The first-order chi connectivity index (χ1) is 14.4. The fraction of sp³-hybridized carbons (Fsp3) is 0.360. The summed E-state index contributed by atoms with van der Waals surface area (Å²) in [5.41, 5.74) is 1.79. The molecule has 5 nitrogen and oxygen atoms in total. The van der Waals surface area contributed by atoms with Crippen molar-refractivity contribution in [1.29, 1.82) is 0 Å². The van der Waals surface area contributed by atoms with Gasteiger partial charge in [-0.25, -0.2) is 0 Å². The Hall–Kier alpha value is -2.92. The van der Waals surface area contributed by atoms with Crippen molar-refractivity contribution < 1.29 is 9.59 Å². The van der Waals surface area contributed by atoms with E-state index in [1.165, 1.54) is 5.56 Å². The monoisotopic (exact) mass is 401 g/mol. The molecule has 3 aromatic rings. The number of carbonyl (C=O) groups is 2. The van der Waals surface area contributed by atoms with Crippen LogP contribution in [0.1, 0.15) is 29.8 Å². The number of aromatic nitrogens is 1. The Bertz CT molecular complexity index is 1100. The van der Waals surface area contributed by atoms with Crippen LogP contribution in [0.15, 0.2) is 60.8 Å². The molecule has 3 heterocycles. The third kappa shape index (κ3) is 3.05. The van der Waals surface area contributed by atoms with Crippen LogP contribution in [-0.2, 0) is 11.3 Å². The number of nitrogens with one attached hydrogen (secondary N) is 1. The number of H-pyrrole nitrogens is 1. The number of aromatic amines is 1. The van der Waals surface area contributed by atoms with Gasteiger partial charge in [0.05, 0.1) is 16.4 Å². The minimum absolute atomic E-state index is 0.00825. The Kier molecular flexibility index (Phi) is 4.33. The highest BCUT2D eigenvalue weighted by Gasteiger charge is 2.56. The van der Waals surface area contributed by atoms with E-state index in [1.54, 1.807) is 6.20 Å². The van der Waals surface area contributed by atoms with E-state index in [4.69, 9.17) is 0 Å². The topological polar surface area (TPSA) is 56.4 Å². The molecule has 1 N–H and O–H groups in total. The number of amides is 1. The maximum Gasteiger partial charge on any atom is 0.256 e. The summed E-state index contributed by atoms with van der Waals surface area (Å²) in [6.45, 7) is 7.16. The SMILES string of the molecule is C[C@]12CN(Cc3ccccc3)C[C@@](C)(CN(C(=O)c3c[nH]c4ccccc34)C1)C2=O. The summed E-state index contributed by atoms with van der Waals surface area (Å²) in [6.07, 6.45) is 1.80. The first kappa shape index (κ1) is 19.1. The van der Waals surface area contributed by atoms with Gasteiger partial charge >= 0.3 is 0 Å². The van der Waals surface area contributed by atoms with Crippen molar-refractivity contribution in [2.75, 3.05) is 26.2 Å². The summed E-state index contributed by atoms with van der Waals surface area (Å²) in [5, 5.41) is 0.936. The number of hydrogen-bond acceptors (Lipinski definition) is 3. The van der Waals surface area contributed by atoms with Crippen molar-refractivity contribution in [3.8, 4) is 0 Å². The second-order valence-electron chi connectivity index (χ2n) is 9.49. The van der Waals surface area contributed by atoms with E-state index in [0.29, 0.717) is 37.5 Å². The maximum absolute atomic E-state index is 13.5. The van der Waals surface area contributed by atoms with Crippen molar-refractivity contribution >= 4 is 22.6 Å². The number of rotatable bonds is 3. The molecule has 0 saturated carbocycles. The first-order valence-electron chi connectivity index (χ1n) is 10.5. The highest BCUT2D eigenvalue weighted by atomic mass is 16.2. The van der Waals surface area contributed by atoms with E-state index in [1.807, 2.05) is 49.1 Å². The van der Waals surface area contributed by atoms with Crippen molar-refractivity contribution in [2.45, 2.75) is 20.4 Å². The molecule has 0 unspecified atom stereocenters. The van der Waals surface area contributed by atoms with E-state index in [9.17, 15) is 9.59 Å². The van der Waals surface area contributed by atoms with Crippen molar-refractivity contribution in [3.63, 3.8) is 0 Å². The third-order valence-corrected chi connectivity index (χ3v) is 6.68. The van der Waals surface area contributed by atoms with Gasteiger partial charge in [0.1, 0.15) is 0 Å². The fourth-order valence-corrected chi connectivity index (χ4v) is 5.57. The molecule has 5 rings (SSSR count). The summed E-state index contributed by atoms with van der Waals surface area (Å²) < 4.78 is 0. The highest BCUT2D eigenvalue weighted by molar-refractivity contribution is 6.07. The van der Waals surface area contributed by atoms with Gasteiger partial charge in [0.25, 0.3) is 5.91 Å². The van der Waals surface area contributed by atoms with E-state index in [0.717, 1.165) is 17.4 Å². The van der Waals surface area contributed by atoms with Gasteiger partial charge in [-0.05, 0) is 25.5 Å². The minimum Gasteiger partial charge on any atom is -0.360 e. The van der Waals surface area contributed by atoms with Gasteiger partial charge in [0.15, 0.2) is 5.78 Å². The smallest absolute Gasteiger partial charge is 0.256 e. The average Bonchev–Trinajstić information content (AvgIpc) is 3.15. The molecule has 1 amide bonds. The molecular weight excluding hydrogens is 374 g/mol. The van der Waals surface area contributed by atoms with E-state index in [2.05, 4.69) is 34.1 Å². The predicted molar refractivity (Wildman–Crippen MR) is 117 cm³/mol. The molecule has 0 radical (unpaired) electrons. The summed E-state index contributed by atoms with van der Waals surface area (Å²) in [6, 6.07) is 18.2. The first-order valence-corrected chi connectivity index (χ1v) is 10.5. The lowest BCUT2D eigenvalue weighted by Crippen LogP contribution is -2.68. The Morgan fingerprint density at radius 1 is 0.933 bits per heavy atom. The quantitative estimate of drug-likeness (QED) is 0.728. The van der Waals surface area contributed by atoms with Gasteiger partial charge < -0.3 is 9.88 Å². The molecular formula is C25H27N3O2. The molecule has 2 fully saturated rings. The lowest BCUT2D eigenvalue weighted by molar-refractivity contribution is -0.155. The number of para-hydroxylation sites is 1. The predicted octanol–water partition coefficient (Wildman–Crippen LogP) is 3.72. The highest BCUT2D eigenvalue weighted by Crippen LogP contribution is 2.43. The van der Waals surface area contributed by atoms with Gasteiger partial charge in [-0.2, -0.15) is 0 Å². The molecule has 2 aliphatic heterocycles. The van der Waals surface area contributed by atoms with Crippen LogP contribution in [0.2, 0.25) is 0 Å². The van der Waals surface area contributed by atoms with Crippen LogP contribution < -0.4 is 0 Å². The normalized spacial score (nSPS) is 26.9. The van der Waals surface area contributed by atoms with Crippen molar-refractivity contribution in [2.24, 2.45) is 10.8 Å². The number of likely N-dealkylation sites (tertiary alicyclic amines) is 2. The number of ketones is 1. The Labute approximate surface area is 176 Å². The summed E-state index contributed by atoms with van der Waals surface area (Å²) in [4.78, 5) is 34.3. The molecule has 2 saturated heterocycles. The van der Waals surface area contributed by atoms with Gasteiger partial charge in [-0.3, -0.25) is 14.5 Å². The molecule has 30 heavy (non-hydrogen) atoms. The zero-order valence-electron chi connectivity index (χ0n) is 17.5. The van der Waals surface area contributed by atoms with Crippen LogP contribution in [0.4, 0.5) is 0 Å². The number of nitrogens with zero attached hydrogens (tertiary/aromatic N) is 2. The summed E-state index contributed by atoms with van der Waals surface area (Å²) >= 11 is 0. The fourth-order valence-electron chi connectivity index (χ4n) is 5.57. The van der Waals surface area contributed by atoms with Crippen LogP contribution in [0.25, 0.3) is 10.9 Å². The zero-order chi connectivity index (χ0) is 20.9. The number of fused-ring (bicyclic) bond motifs is 3. The van der Waals surface area contributed by atoms with E-state index in [-0.39, 0.29) is 5.91 Å². The second kappa shape index (κ2) is 6.81. The van der Waals surface area contributed by atoms with Gasteiger partial charge in [0.2, 0.25) is 0 Å². The van der Waals surface area contributed by atoms with Gasteiger partial charge in [-0.1, -0.05) is 48.5 Å². The number of hydrogen-bond donors (Lipinski definition) is 1. The van der Waals surface area contributed by atoms with Gasteiger partial charge in [-0.15, -0.1) is 0 Å².